The molecule has 0 unspecified atom stereocenters. The number of Topliss-reactive ketones (excluding diaryl/α,β-unsaturated/α-hetero) is 1. The first-order chi connectivity index (χ1) is 9.45. The highest BCUT2D eigenvalue weighted by Crippen LogP contribution is 2.20. The number of rotatable bonds is 3. The number of halogens is 2. The Kier molecular flexibility index (Phi) is 4.57. The molecule has 0 fully saturated rings. The van der Waals surface area contributed by atoms with Crippen LogP contribution in [0.3, 0.4) is 0 Å². The number of hydrogen-bond donors (Lipinski definition) is 1. The molecule has 0 radical (unpaired) electrons. The molecule has 0 atom stereocenters. The van der Waals surface area contributed by atoms with Crippen LogP contribution < -0.4 is 5.32 Å². The molecule has 0 aliphatic carbocycles. The monoisotopic (exact) mass is 351 g/mol. The standard InChI is InChI=1S/C15H11BrClNO2/c1-9(19)10-2-4-14(5-3-10)18-15(20)11-6-12(16)8-13(17)7-11/h2-8H,1H3,(H,18,20). The van der Waals surface area contributed by atoms with Crippen LogP contribution in [-0.4, -0.2) is 11.7 Å². The highest BCUT2D eigenvalue weighted by Gasteiger charge is 2.08. The number of anilines is 1. The first-order valence-corrected chi connectivity index (χ1v) is 7.01. The molecule has 0 bridgehead atoms. The van der Waals surface area contributed by atoms with Gasteiger partial charge in [-0.2, -0.15) is 0 Å². The zero-order chi connectivity index (χ0) is 14.7. The quantitative estimate of drug-likeness (QED) is 0.823. The SMILES string of the molecule is CC(=O)c1ccc(NC(=O)c2cc(Cl)cc(Br)c2)cc1. The first-order valence-electron chi connectivity index (χ1n) is 5.84. The summed E-state index contributed by atoms with van der Waals surface area (Å²) >= 11 is 9.20. The van der Waals surface area contributed by atoms with Gasteiger partial charge in [-0.1, -0.05) is 27.5 Å². The van der Waals surface area contributed by atoms with Gasteiger partial charge in [0.1, 0.15) is 0 Å². The van der Waals surface area contributed by atoms with Crippen molar-refractivity contribution in [2.45, 2.75) is 6.92 Å². The summed E-state index contributed by atoms with van der Waals surface area (Å²) in [4.78, 5) is 23.2. The fourth-order valence-corrected chi connectivity index (χ4v) is 2.54. The summed E-state index contributed by atoms with van der Waals surface area (Å²) in [6, 6.07) is 11.7. The van der Waals surface area contributed by atoms with E-state index in [1.807, 2.05) is 0 Å². The van der Waals surface area contributed by atoms with Gasteiger partial charge in [0, 0.05) is 26.3 Å². The van der Waals surface area contributed by atoms with Crippen molar-refractivity contribution < 1.29 is 9.59 Å². The van der Waals surface area contributed by atoms with E-state index in [0.29, 0.717) is 21.8 Å². The highest BCUT2D eigenvalue weighted by molar-refractivity contribution is 9.10. The largest absolute Gasteiger partial charge is 0.322 e. The Bertz CT molecular complexity index is 648. The topological polar surface area (TPSA) is 46.2 Å². The zero-order valence-corrected chi connectivity index (χ0v) is 13.0. The van der Waals surface area contributed by atoms with E-state index in [1.165, 1.54) is 6.92 Å². The van der Waals surface area contributed by atoms with Crippen LogP contribution in [-0.2, 0) is 0 Å². The Hall–Kier alpha value is -1.65. The van der Waals surface area contributed by atoms with Gasteiger partial charge in [-0.25, -0.2) is 0 Å². The molecule has 0 aliphatic heterocycles. The third-order valence-corrected chi connectivity index (χ3v) is 3.35. The minimum Gasteiger partial charge on any atom is -0.322 e. The molecular weight excluding hydrogens is 342 g/mol. The minimum atomic E-state index is -0.260. The molecule has 3 nitrogen and oxygen atoms in total. The maximum absolute atomic E-state index is 12.1. The van der Waals surface area contributed by atoms with E-state index >= 15 is 0 Å². The highest BCUT2D eigenvalue weighted by atomic mass is 79.9. The van der Waals surface area contributed by atoms with Gasteiger partial charge >= 0.3 is 0 Å². The van der Waals surface area contributed by atoms with Crippen LogP contribution in [0, 0.1) is 0 Å². The fraction of sp³-hybridized carbons (Fsp3) is 0.0667. The summed E-state index contributed by atoms with van der Waals surface area (Å²) < 4.78 is 0.738. The third-order valence-electron chi connectivity index (χ3n) is 2.67. The zero-order valence-electron chi connectivity index (χ0n) is 10.6. The van der Waals surface area contributed by atoms with Gasteiger partial charge < -0.3 is 5.32 Å². The number of benzene rings is 2. The molecule has 2 aromatic rings. The van der Waals surface area contributed by atoms with E-state index in [0.717, 1.165) is 4.47 Å². The Balaban J connectivity index is 2.16. The Morgan fingerprint density at radius 1 is 1.05 bits per heavy atom. The number of ketones is 1. The molecule has 5 heteroatoms. The van der Waals surface area contributed by atoms with Crippen molar-refractivity contribution in [3.63, 3.8) is 0 Å². The van der Waals surface area contributed by atoms with Gasteiger partial charge in [-0.05, 0) is 49.4 Å². The lowest BCUT2D eigenvalue weighted by atomic mass is 10.1. The van der Waals surface area contributed by atoms with Crippen molar-refractivity contribution in [1.29, 1.82) is 0 Å². The van der Waals surface area contributed by atoms with Crippen LogP contribution in [0.4, 0.5) is 5.69 Å². The molecule has 0 aliphatic rings. The molecule has 1 amide bonds. The molecule has 2 aromatic carbocycles. The molecular formula is C15H11BrClNO2. The molecule has 0 aromatic heterocycles. The average Bonchev–Trinajstić information content (AvgIpc) is 2.38. The predicted octanol–water partition coefficient (Wildman–Crippen LogP) is 4.56. The second-order valence-electron chi connectivity index (χ2n) is 4.25. The van der Waals surface area contributed by atoms with E-state index in [4.69, 9.17) is 11.6 Å². The first kappa shape index (κ1) is 14.8. The van der Waals surface area contributed by atoms with Crippen LogP contribution in [0.2, 0.25) is 5.02 Å². The van der Waals surface area contributed by atoms with Crippen LogP contribution in [0.15, 0.2) is 46.9 Å². The van der Waals surface area contributed by atoms with E-state index in [1.54, 1.807) is 42.5 Å². The van der Waals surface area contributed by atoms with Crippen LogP contribution >= 0.6 is 27.5 Å². The molecule has 0 spiro atoms. The Morgan fingerprint density at radius 3 is 2.25 bits per heavy atom. The predicted molar refractivity (Wildman–Crippen MR) is 83.6 cm³/mol. The lowest BCUT2D eigenvalue weighted by Crippen LogP contribution is -2.12. The lowest BCUT2D eigenvalue weighted by molar-refractivity contribution is 0.101. The lowest BCUT2D eigenvalue weighted by Gasteiger charge is -2.07. The second-order valence-corrected chi connectivity index (χ2v) is 5.60. The molecule has 102 valence electrons. The van der Waals surface area contributed by atoms with Crippen molar-refractivity contribution >= 4 is 44.9 Å². The minimum absolute atomic E-state index is 0.0124. The summed E-state index contributed by atoms with van der Waals surface area (Å²) in [5.41, 5.74) is 1.68. The smallest absolute Gasteiger partial charge is 0.255 e. The summed E-state index contributed by atoms with van der Waals surface area (Å²) in [6.07, 6.45) is 0. The van der Waals surface area contributed by atoms with Crippen LogP contribution in [0.5, 0.6) is 0 Å². The van der Waals surface area contributed by atoms with Gasteiger partial charge in [0.15, 0.2) is 5.78 Å². The molecule has 20 heavy (non-hydrogen) atoms. The van der Waals surface area contributed by atoms with Gasteiger partial charge in [0.2, 0.25) is 0 Å². The van der Waals surface area contributed by atoms with Crippen LogP contribution in [0.25, 0.3) is 0 Å². The number of carbonyl (C=O) groups is 2. The fourth-order valence-electron chi connectivity index (χ4n) is 1.68. The maximum Gasteiger partial charge on any atom is 0.255 e. The number of carbonyl (C=O) groups excluding carboxylic acids is 2. The molecule has 0 heterocycles. The molecule has 1 N–H and O–H groups in total. The van der Waals surface area contributed by atoms with E-state index < -0.39 is 0 Å². The third kappa shape index (κ3) is 3.68. The van der Waals surface area contributed by atoms with Crippen molar-refractivity contribution in [2.75, 3.05) is 5.32 Å². The van der Waals surface area contributed by atoms with Crippen molar-refractivity contribution in [3.05, 3.63) is 63.1 Å². The summed E-state index contributed by atoms with van der Waals surface area (Å²) in [5, 5.41) is 3.23. The van der Waals surface area contributed by atoms with E-state index in [-0.39, 0.29) is 11.7 Å². The number of hydrogen-bond acceptors (Lipinski definition) is 2. The van der Waals surface area contributed by atoms with Crippen molar-refractivity contribution in [1.82, 2.24) is 0 Å². The second kappa shape index (κ2) is 6.20. The summed E-state index contributed by atoms with van der Waals surface area (Å²) in [6.45, 7) is 1.50. The number of amides is 1. The average molecular weight is 353 g/mol. The van der Waals surface area contributed by atoms with Crippen LogP contribution in [0.1, 0.15) is 27.6 Å². The molecule has 0 saturated carbocycles. The van der Waals surface area contributed by atoms with Gasteiger partial charge in [-0.15, -0.1) is 0 Å². The molecule has 2 rings (SSSR count). The van der Waals surface area contributed by atoms with E-state index in [9.17, 15) is 9.59 Å². The van der Waals surface area contributed by atoms with Crippen molar-refractivity contribution in [3.8, 4) is 0 Å². The van der Waals surface area contributed by atoms with Crippen molar-refractivity contribution in [2.24, 2.45) is 0 Å². The maximum atomic E-state index is 12.1. The summed E-state index contributed by atoms with van der Waals surface area (Å²) in [7, 11) is 0. The van der Waals surface area contributed by atoms with Gasteiger partial charge in [0.05, 0.1) is 0 Å². The van der Waals surface area contributed by atoms with Gasteiger partial charge in [-0.3, -0.25) is 9.59 Å². The molecule has 0 saturated heterocycles. The van der Waals surface area contributed by atoms with E-state index in [2.05, 4.69) is 21.2 Å². The Morgan fingerprint density at radius 2 is 1.70 bits per heavy atom. The summed E-state index contributed by atoms with van der Waals surface area (Å²) in [5.74, 6) is -0.273. The Labute approximate surface area is 130 Å². The normalized spacial score (nSPS) is 10.2. The van der Waals surface area contributed by atoms with Gasteiger partial charge in [0.25, 0.3) is 5.91 Å². The number of nitrogens with one attached hydrogen (secondary N) is 1.